The lowest BCUT2D eigenvalue weighted by molar-refractivity contribution is 0.0776. The summed E-state index contributed by atoms with van der Waals surface area (Å²) in [5.41, 5.74) is 0.187. The average molecular weight is 330 g/mol. The maximum atomic E-state index is 12.6. The van der Waals surface area contributed by atoms with Crippen LogP contribution in [0.2, 0.25) is 0 Å². The van der Waals surface area contributed by atoms with Crippen molar-refractivity contribution in [1.29, 1.82) is 0 Å². The van der Waals surface area contributed by atoms with E-state index in [9.17, 15) is 9.59 Å². The molecule has 0 bridgehead atoms. The summed E-state index contributed by atoms with van der Waals surface area (Å²) in [6.07, 6.45) is 5.36. The number of hydrogen-bond acceptors (Lipinski definition) is 5. The van der Waals surface area contributed by atoms with E-state index in [0.717, 1.165) is 25.9 Å². The number of piperidine rings is 1. The Morgan fingerprint density at radius 3 is 2.96 bits per heavy atom. The Morgan fingerprint density at radius 2 is 2.33 bits per heavy atom. The first-order chi connectivity index (χ1) is 11.6. The molecular weight excluding hydrogens is 308 g/mol. The molecule has 2 aromatic rings. The van der Waals surface area contributed by atoms with Gasteiger partial charge in [0.2, 0.25) is 0 Å². The number of H-pyrrole nitrogens is 1. The van der Waals surface area contributed by atoms with Crippen molar-refractivity contribution in [3.63, 3.8) is 0 Å². The molecule has 3 rings (SSSR count). The highest BCUT2D eigenvalue weighted by molar-refractivity contribution is 5.94. The van der Waals surface area contributed by atoms with Crippen LogP contribution in [0.25, 0.3) is 0 Å². The Bertz CT molecular complexity index is 761. The maximum Gasteiger partial charge on any atom is 0.349 e. The van der Waals surface area contributed by atoms with Gasteiger partial charge < -0.3 is 19.6 Å². The zero-order valence-corrected chi connectivity index (χ0v) is 14.0. The van der Waals surface area contributed by atoms with Crippen molar-refractivity contribution >= 4 is 5.91 Å². The molecule has 2 aromatic heterocycles. The first-order valence-electron chi connectivity index (χ1n) is 8.15. The van der Waals surface area contributed by atoms with Crippen molar-refractivity contribution < 1.29 is 9.21 Å². The Labute approximate surface area is 140 Å². The molecule has 0 aromatic carbocycles. The van der Waals surface area contributed by atoms with E-state index in [1.807, 2.05) is 6.07 Å². The molecular formula is C17H22N4O3. The summed E-state index contributed by atoms with van der Waals surface area (Å²) < 4.78 is 5.47. The highest BCUT2D eigenvalue weighted by atomic mass is 16.4. The van der Waals surface area contributed by atoms with Crippen molar-refractivity contribution in [3.8, 4) is 0 Å². The summed E-state index contributed by atoms with van der Waals surface area (Å²) in [4.78, 5) is 33.5. The molecule has 0 spiro atoms. The number of imidazole rings is 1. The van der Waals surface area contributed by atoms with Crippen molar-refractivity contribution in [2.75, 3.05) is 20.1 Å². The maximum absolute atomic E-state index is 12.6. The normalized spacial score (nSPS) is 17.7. The second-order valence-corrected chi connectivity index (χ2v) is 6.23. The van der Waals surface area contributed by atoms with Gasteiger partial charge in [0, 0.05) is 31.9 Å². The molecule has 24 heavy (non-hydrogen) atoms. The molecule has 1 aliphatic heterocycles. The van der Waals surface area contributed by atoms with Gasteiger partial charge in [-0.1, -0.05) is 0 Å². The smallest absolute Gasteiger partial charge is 0.349 e. The average Bonchev–Trinajstić information content (AvgIpc) is 3.07. The number of aromatic amines is 1. The van der Waals surface area contributed by atoms with Gasteiger partial charge in [-0.3, -0.25) is 4.79 Å². The monoisotopic (exact) mass is 330 g/mol. The Kier molecular flexibility index (Phi) is 4.80. The van der Waals surface area contributed by atoms with Crippen LogP contribution in [0.5, 0.6) is 0 Å². The standard InChI is InChI=1S/C17H22N4O3/c1-11-8-13(12-4-3-5-18-9-12)24-17(23)15(11)16(22)21(2)10-14-19-6-7-20-14/h6-8,12,18H,3-5,9-10H2,1-2H3,(H,19,20). The van der Waals surface area contributed by atoms with E-state index in [0.29, 0.717) is 23.7 Å². The Balaban J connectivity index is 1.82. The number of nitrogens with one attached hydrogen (secondary N) is 2. The van der Waals surface area contributed by atoms with E-state index in [2.05, 4.69) is 15.3 Å². The van der Waals surface area contributed by atoms with E-state index in [-0.39, 0.29) is 17.4 Å². The molecule has 1 fully saturated rings. The van der Waals surface area contributed by atoms with E-state index in [4.69, 9.17) is 4.42 Å². The van der Waals surface area contributed by atoms with Gasteiger partial charge in [0.25, 0.3) is 5.91 Å². The third-order valence-corrected chi connectivity index (χ3v) is 4.37. The van der Waals surface area contributed by atoms with E-state index in [1.165, 1.54) is 4.90 Å². The second-order valence-electron chi connectivity index (χ2n) is 6.23. The number of nitrogens with zero attached hydrogens (tertiary/aromatic N) is 2. The Hall–Kier alpha value is -2.41. The number of hydrogen-bond donors (Lipinski definition) is 2. The SMILES string of the molecule is Cc1cc(C2CCCNC2)oc(=O)c1C(=O)N(C)Cc1ncc[nH]1. The van der Waals surface area contributed by atoms with Gasteiger partial charge in [0.15, 0.2) is 0 Å². The minimum Gasteiger partial charge on any atom is -0.427 e. The van der Waals surface area contributed by atoms with Crippen molar-refractivity contribution in [2.45, 2.75) is 32.2 Å². The van der Waals surface area contributed by atoms with E-state index < -0.39 is 5.63 Å². The molecule has 0 radical (unpaired) electrons. The van der Waals surface area contributed by atoms with Gasteiger partial charge in [0.1, 0.15) is 17.1 Å². The molecule has 3 heterocycles. The predicted molar refractivity (Wildman–Crippen MR) is 88.9 cm³/mol. The van der Waals surface area contributed by atoms with Gasteiger partial charge in [-0.05, 0) is 37.9 Å². The minimum absolute atomic E-state index is 0.0941. The van der Waals surface area contributed by atoms with Gasteiger partial charge in [-0.15, -0.1) is 0 Å². The predicted octanol–water partition coefficient (Wildman–Crippen LogP) is 1.41. The van der Waals surface area contributed by atoms with Crippen LogP contribution in [-0.4, -0.2) is 40.9 Å². The molecule has 128 valence electrons. The number of aromatic nitrogens is 2. The van der Waals surface area contributed by atoms with E-state index in [1.54, 1.807) is 26.4 Å². The van der Waals surface area contributed by atoms with Crippen molar-refractivity contribution in [2.24, 2.45) is 0 Å². The molecule has 1 saturated heterocycles. The zero-order valence-electron chi connectivity index (χ0n) is 14.0. The third kappa shape index (κ3) is 3.41. The highest BCUT2D eigenvalue weighted by Crippen LogP contribution is 2.23. The van der Waals surface area contributed by atoms with Gasteiger partial charge in [0.05, 0.1) is 6.54 Å². The van der Waals surface area contributed by atoms with Crippen LogP contribution in [0.15, 0.2) is 27.7 Å². The lowest BCUT2D eigenvalue weighted by atomic mass is 9.95. The summed E-state index contributed by atoms with van der Waals surface area (Å²) in [6.45, 7) is 3.88. The fraction of sp³-hybridized carbons (Fsp3) is 0.471. The fourth-order valence-corrected chi connectivity index (χ4v) is 3.06. The van der Waals surface area contributed by atoms with E-state index >= 15 is 0 Å². The number of amides is 1. The number of carbonyl (C=O) groups excluding carboxylic acids is 1. The topological polar surface area (TPSA) is 91.2 Å². The summed E-state index contributed by atoms with van der Waals surface area (Å²) in [5, 5.41) is 3.30. The van der Waals surface area contributed by atoms with Crippen LogP contribution in [0.1, 0.15) is 46.3 Å². The van der Waals surface area contributed by atoms with Crippen molar-refractivity contribution in [1.82, 2.24) is 20.2 Å². The molecule has 0 saturated carbocycles. The van der Waals surface area contributed by atoms with Gasteiger partial charge in [-0.25, -0.2) is 9.78 Å². The number of carbonyl (C=O) groups is 1. The molecule has 1 aliphatic rings. The molecule has 1 unspecified atom stereocenters. The fourth-order valence-electron chi connectivity index (χ4n) is 3.06. The number of aryl methyl sites for hydroxylation is 1. The lowest BCUT2D eigenvalue weighted by Gasteiger charge is -2.22. The van der Waals surface area contributed by atoms with Gasteiger partial charge in [-0.2, -0.15) is 0 Å². The molecule has 1 atom stereocenters. The minimum atomic E-state index is -0.563. The molecule has 0 aliphatic carbocycles. The summed E-state index contributed by atoms with van der Waals surface area (Å²) >= 11 is 0. The number of rotatable bonds is 4. The summed E-state index contributed by atoms with van der Waals surface area (Å²) in [7, 11) is 1.64. The molecule has 2 N–H and O–H groups in total. The highest BCUT2D eigenvalue weighted by Gasteiger charge is 2.24. The van der Waals surface area contributed by atoms with Crippen LogP contribution in [0.4, 0.5) is 0 Å². The zero-order chi connectivity index (χ0) is 17.1. The first-order valence-corrected chi connectivity index (χ1v) is 8.15. The summed E-state index contributed by atoms with van der Waals surface area (Å²) in [6, 6.07) is 1.83. The summed E-state index contributed by atoms with van der Waals surface area (Å²) in [5.74, 6) is 1.16. The van der Waals surface area contributed by atoms with Crippen LogP contribution >= 0.6 is 0 Å². The van der Waals surface area contributed by atoms with Crippen LogP contribution in [0, 0.1) is 6.92 Å². The van der Waals surface area contributed by atoms with Crippen LogP contribution in [-0.2, 0) is 6.54 Å². The second kappa shape index (κ2) is 7.00. The van der Waals surface area contributed by atoms with Crippen LogP contribution < -0.4 is 10.9 Å². The third-order valence-electron chi connectivity index (χ3n) is 4.37. The quantitative estimate of drug-likeness (QED) is 0.884. The molecule has 1 amide bonds. The van der Waals surface area contributed by atoms with Gasteiger partial charge >= 0.3 is 5.63 Å². The Morgan fingerprint density at radius 1 is 1.50 bits per heavy atom. The first kappa shape index (κ1) is 16.4. The van der Waals surface area contributed by atoms with Crippen molar-refractivity contribution in [3.05, 3.63) is 51.6 Å². The molecule has 7 heteroatoms. The largest absolute Gasteiger partial charge is 0.427 e. The lowest BCUT2D eigenvalue weighted by Crippen LogP contribution is -2.33. The van der Waals surface area contributed by atoms with Crippen LogP contribution in [0.3, 0.4) is 0 Å². The molecule has 7 nitrogen and oxygen atoms in total.